The predicted octanol–water partition coefficient (Wildman–Crippen LogP) is 1.76. The van der Waals surface area contributed by atoms with Crippen molar-refractivity contribution in [2.45, 2.75) is 19.9 Å². The van der Waals surface area contributed by atoms with Crippen LogP contribution in [0.25, 0.3) is 0 Å². The van der Waals surface area contributed by atoms with Gasteiger partial charge in [-0.25, -0.2) is 0 Å². The molecule has 0 aliphatic carbocycles. The average molecular weight is 207 g/mol. The molecule has 0 spiro atoms. The van der Waals surface area contributed by atoms with Crippen LogP contribution in [0.5, 0.6) is 0 Å². The summed E-state index contributed by atoms with van der Waals surface area (Å²) in [6.07, 6.45) is 0.949. The Balaban J connectivity index is 2.24. The zero-order valence-electron chi connectivity index (χ0n) is 8.81. The molecule has 2 rings (SSSR count). The smallest absolute Gasteiger partial charge is 0.0511 e. The average Bonchev–Trinajstić information content (AvgIpc) is 2.27. The van der Waals surface area contributed by atoms with Crippen LogP contribution < -0.4 is 5.23 Å². The standard InChI is InChI=1S/C11H15N2O2/c1-2-12-6-5-9-7-11(13(14)15)4-3-10(9)8-12/h3-4,7,14H,2,5-6,8H2,1H3/q-1. The molecule has 0 radical (unpaired) electrons. The molecule has 0 saturated heterocycles. The minimum atomic E-state index is -0.0769. The summed E-state index contributed by atoms with van der Waals surface area (Å²) in [5, 5.41) is 19.4. The van der Waals surface area contributed by atoms with Crippen LogP contribution in [0, 0.1) is 5.21 Å². The molecular weight excluding hydrogens is 192 g/mol. The quantitative estimate of drug-likeness (QED) is 0.751. The van der Waals surface area contributed by atoms with Gasteiger partial charge in [-0.1, -0.05) is 13.0 Å². The number of hydrogen-bond donors (Lipinski definition) is 1. The van der Waals surface area contributed by atoms with Gasteiger partial charge in [0.2, 0.25) is 0 Å². The summed E-state index contributed by atoms with van der Waals surface area (Å²) < 4.78 is 0. The van der Waals surface area contributed by atoms with Gasteiger partial charge in [-0.05, 0) is 36.2 Å². The molecular formula is C11H15N2O2-. The topological polar surface area (TPSA) is 49.8 Å². The highest BCUT2D eigenvalue weighted by atomic mass is 16.8. The molecule has 0 aromatic heterocycles. The molecule has 0 amide bonds. The Labute approximate surface area is 89.3 Å². The van der Waals surface area contributed by atoms with Crippen molar-refractivity contribution in [3.63, 3.8) is 0 Å². The normalized spacial score (nSPS) is 16.2. The van der Waals surface area contributed by atoms with Gasteiger partial charge in [-0.15, -0.1) is 0 Å². The van der Waals surface area contributed by atoms with Crippen molar-refractivity contribution in [1.82, 2.24) is 4.90 Å². The van der Waals surface area contributed by atoms with E-state index in [1.54, 1.807) is 12.1 Å². The van der Waals surface area contributed by atoms with Crippen LogP contribution in [0.1, 0.15) is 18.1 Å². The Morgan fingerprint density at radius 1 is 1.47 bits per heavy atom. The summed E-state index contributed by atoms with van der Waals surface area (Å²) in [5.74, 6) is 0. The zero-order chi connectivity index (χ0) is 10.8. The molecule has 1 aliphatic rings. The molecule has 82 valence electrons. The van der Waals surface area contributed by atoms with Crippen molar-refractivity contribution >= 4 is 5.69 Å². The highest BCUT2D eigenvalue weighted by Gasteiger charge is 2.14. The van der Waals surface area contributed by atoms with Crippen LogP contribution in [-0.2, 0) is 13.0 Å². The molecule has 0 atom stereocenters. The third kappa shape index (κ3) is 2.12. The first kappa shape index (κ1) is 10.4. The second-order valence-electron chi connectivity index (χ2n) is 3.84. The first-order chi connectivity index (χ1) is 7.20. The number of fused-ring (bicyclic) bond motifs is 1. The van der Waals surface area contributed by atoms with Gasteiger partial charge in [0.1, 0.15) is 0 Å². The van der Waals surface area contributed by atoms with Crippen molar-refractivity contribution in [2.75, 3.05) is 18.3 Å². The Hall–Kier alpha value is -1.10. The number of hydrogen-bond acceptors (Lipinski definition) is 4. The van der Waals surface area contributed by atoms with Crippen LogP contribution in [0.15, 0.2) is 18.2 Å². The summed E-state index contributed by atoms with van der Waals surface area (Å²) in [6.45, 7) is 5.16. The van der Waals surface area contributed by atoms with Crippen LogP contribution in [0.2, 0.25) is 0 Å². The molecule has 4 nitrogen and oxygen atoms in total. The van der Waals surface area contributed by atoms with Gasteiger partial charge < -0.3 is 10.4 Å². The van der Waals surface area contributed by atoms with Crippen LogP contribution in [-0.4, -0.2) is 23.2 Å². The Morgan fingerprint density at radius 2 is 2.27 bits per heavy atom. The lowest BCUT2D eigenvalue weighted by molar-refractivity contribution is 0.267. The summed E-state index contributed by atoms with van der Waals surface area (Å²) in [7, 11) is 0. The number of nitrogens with zero attached hydrogens (tertiary/aromatic N) is 2. The van der Waals surface area contributed by atoms with Crippen molar-refractivity contribution in [1.29, 1.82) is 0 Å². The Morgan fingerprint density at radius 3 is 2.93 bits per heavy atom. The van der Waals surface area contributed by atoms with E-state index < -0.39 is 0 Å². The summed E-state index contributed by atoms with van der Waals surface area (Å²) >= 11 is 0. The third-order valence-electron chi connectivity index (χ3n) is 2.95. The van der Waals surface area contributed by atoms with Crippen molar-refractivity contribution in [3.05, 3.63) is 34.5 Å². The SMILES string of the molecule is CCN1CCc2cc(N([O-])O)ccc2C1. The van der Waals surface area contributed by atoms with Gasteiger partial charge >= 0.3 is 0 Å². The lowest BCUT2D eigenvalue weighted by Crippen LogP contribution is -2.30. The molecule has 0 unspecified atom stereocenters. The lowest BCUT2D eigenvalue weighted by Gasteiger charge is -2.29. The zero-order valence-corrected chi connectivity index (χ0v) is 8.81. The fourth-order valence-corrected chi connectivity index (χ4v) is 1.99. The minimum absolute atomic E-state index is 0.0769. The van der Waals surface area contributed by atoms with Crippen LogP contribution >= 0.6 is 0 Å². The van der Waals surface area contributed by atoms with E-state index in [1.165, 1.54) is 11.1 Å². The van der Waals surface area contributed by atoms with Crippen molar-refractivity contribution in [2.24, 2.45) is 0 Å². The van der Waals surface area contributed by atoms with Gasteiger partial charge in [0.25, 0.3) is 0 Å². The molecule has 15 heavy (non-hydrogen) atoms. The third-order valence-corrected chi connectivity index (χ3v) is 2.95. The molecule has 0 saturated carbocycles. The first-order valence-electron chi connectivity index (χ1n) is 5.21. The molecule has 1 aliphatic heterocycles. The van der Waals surface area contributed by atoms with Gasteiger partial charge in [-0.2, -0.15) is 0 Å². The largest absolute Gasteiger partial charge is 0.733 e. The van der Waals surface area contributed by atoms with E-state index in [0.717, 1.165) is 26.1 Å². The van der Waals surface area contributed by atoms with Gasteiger partial charge in [-0.3, -0.25) is 10.1 Å². The van der Waals surface area contributed by atoms with E-state index >= 15 is 0 Å². The number of rotatable bonds is 2. The minimum Gasteiger partial charge on any atom is -0.733 e. The molecule has 1 aromatic rings. The fraction of sp³-hybridized carbons (Fsp3) is 0.455. The van der Waals surface area contributed by atoms with Gasteiger partial charge in [0.15, 0.2) is 0 Å². The molecule has 0 bridgehead atoms. The Kier molecular flexibility index (Phi) is 2.90. The van der Waals surface area contributed by atoms with Crippen molar-refractivity contribution in [3.8, 4) is 0 Å². The van der Waals surface area contributed by atoms with Crippen molar-refractivity contribution < 1.29 is 5.21 Å². The van der Waals surface area contributed by atoms with E-state index in [0.29, 0.717) is 5.69 Å². The van der Waals surface area contributed by atoms with Crippen LogP contribution in [0.3, 0.4) is 0 Å². The summed E-state index contributed by atoms with van der Waals surface area (Å²) in [4.78, 5) is 2.36. The molecule has 1 heterocycles. The van der Waals surface area contributed by atoms with E-state index in [2.05, 4.69) is 11.8 Å². The van der Waals surface area contributed by atoms with E-state index in [-0.39, 0.29) is 5.23 Å². The number of anilines is 1. The summed E-state index contributed by atoms with van der Waals surface area (Å²) in [6, 6.07) is 5.36. The van der Waals surface area contributed by atoms with Gasteiger partial charge in [0.05, 0.1) is 5.69 Å². The summed E-state index contributed by atoms with van der Waals surface area (Å²) in [5.41, 5.74) is 2.75. The predicted molar refractivity (Wildman–Crippen MR) is 58.7 cm³/mol. The van der Waals surface area contributed by atoms with Crippen LogP contribution in [0.4, 0.5) is 5.69 Å². The van der Waals surface area contributed by atoms with E-state index in [1.807, 2.05) is 6.07 Å². The second-order valence-corrected chi connectivity index (χ2v) is 3.84. The maximum atomic E-state index is 10.7. The molecule has 1 aromatic carbocycles. The maximum absolute atomic E-state index is 10.7. The molecule has 1 N–H and O–H groups in total. The van der Waals surface area contributed by atoms with Gasteiger partial charge in [0, 0.05) is 13.1 Å². The monoisotopic (exact) mass is 207 g/mol. The maximum Gasteiger partial charge on any atom is 0.0511 e. The highest BCUT2D eigenvalue weighted by Crippen LogP contribution is 2.23. The van der Waals surface area contributed by atoms with E-state index in [4.69, 9.17) is 5.21 Å². The number of likely N-dealkylation sites (N-methyl/N-ethyl adjacent to an activating group) is 1. The molecule has 4 heteroatoms. The Bertz CT molecular complexity index is 352. The van der Waals surface area contributed by atoms with E-state index in [9.17, 15) is 5.21 Å². The fourth-order valence-electron chi connectivity index (χ4n) is 1.99. The lowest BCUT2D eigenvalue weighted by atomic mass is 9.99. The molecule has 0 fully saturated rings. The first-order valence-corrected chi connectivity index (χ1v) is 5.21. The second kappa shape index (κ2) is 4.18. The highest BCUT2D eigenvalue weighted by molar-refractivity contribution is 5.50. The number of benzene rings is 1.